The van der Waals surface area contributed by atoms with Crippen LogP contribution in [0.1, 0.15) is 28.8 Å². The van der Waals surface area contributed by atoms with Gasteiger partial charge in [-0.15, -0.1) is 0 Å². The number of carbonyl (C=O) groups is 4. The lowest BCUT2D eigenvalue weighted by Crippen LogP contribution is -2.50. The fraction of sp³-hybridized carbons (Fsp3) is 0.333. The van der Waals surface area contributed by atoms with Gasteiger partial charge in [-0.3, -0.25) is 24.7 Å². The third kappa shape index (κ3) is 5.75. The Bertz CT molecular complexity index is 1020. The molecule has 3 amide bonds. The number of benzene rings is 2. The van der Waals surface area contributed by atoms with Gasteiger partial charge in [-0.05, 0) is 29.8 Å². The van der Waals surface area contributed by atoms with Gasteiger partial charge in [-0.1, -0.05) is 30.3 Å². The molecule has 1 N–H and O–H groups in total. The molecule has 0 radical (unpaired) electrons. The van der Waals surface area contributed by atoms with Crippen LogP contribution in [0.25, 0.3) is 0 Å². The summed E-state index contributed by atoms with van der Waals surface area (Å²) in [6, 6.07) is 16.3. The van der Waals surface area contributed by atoms with Crippen LogP contribution in [0.2, 0.25) is 0 Å². The van der Waals surface area contributed by atoms with Crippen molar-refractivity contribution in [2.45, 2.75) is 19.4 Å². The summed E-state index contributed by atoms with van der Waals surface area (Å²) in [4.78, 5) is 52.3. The number of anilines is 1. The number of ether oxygens (including phenoxy) is 1. The van der Waals surface area contributed by atoms with E-state index in [9.17, 15) is 19.2 Å². The van der Waals surface area contributed by atoms with Gasteiger partial charge in [0, 0.05) is 45.6 Å². The highest BCUT2D eigenvalue weighted by Crippen LogP contribution is 2.18. The number of esters is 1. The monoisotopic (exact) mass is 450 g/mol. The van der Waals surface area contributed by atoms with Crippen molar-refractivity contribution in [3.8, 4) is 0 Å². The number of hydrazine groups is 1. The zero-order valence-corrected chi connectivity index (χ0v) is 18.2. The molecule has 0 bridgehead atoms. The zero-order chi connectivity index (χ0) is 23.2. The van der Waals surface area contributed by atoms with Gasteiger partial charge in [0.25, 0.3) is 5.91 Å². The predicted octanol–water partition coefficient (Wildman–Crippen LogP) is 1.35. The highest BCUT2D eigenvalue weighted by molar-refractivity contribution is 6.01. The summed E-state index contributed by atoms with van der Waals surface area (Å²) in [5.41, 5.74) is 4.45. The first-order chi connectivity index (χ1) is 16.0. The van der Waals surface area contributed by atoms with E-state index >= 15 is 0 Å². The maximum Gasteiger partial charge on any atom is 0.338 e. The van der Waals surface area contributed by atoms with E-state index < -0.39 is 5.97 Å². The van der Waals surface area contributed by atoms with E-state index in [-0.39, 0.29) is 42.7 Å². The average molecular weight is 450 g/mol. The fourth-order valence-electron chi connectivity index (χ4n) is 3.83. The number of piperazine rings is 1. The number of rotatable bonds is 6. The quantitative estimate of drug-likeness (QED) is 0.667. The van der Waals surface area contributed by atoms with Gasteiger partial charge in [-0.2, -0.15) is 0 Å². The van der Waals surface area contributed by atoms with Crippen molar-refractivity contribution < 1.29 is 23.9 Å². The Labute approximate surface area is 191 Å². The number of carbonyl (C=O) groups excluding carboxylic acids is 4. The topological polar surface area (TPSA) is 99.3 Å². The lowest BCUT2D eigenvalue weighted by atomic mass is 10.2. The number of nitrogens with one attached hydrogen (secondary N) is 1. The number of hydrogen-bond acceptors (Lipinski definition) is 6. The van der Waals surface area contributed by atoms with Gasteiger partial charge >= 0.3 is 5.97 Å². The summed E-state index contributed by atoms with van der Waals surface area (Å²) >= 11 is 0. The molecular formula is C24H26N4O5. The third-order valence-corrected chi connectivity index (χ3v) is 5.71. The fourth-order valence-corrected chi connectivity index (χ4v) is 3.83. The van der Waals surface area contributed by atoms with E-state index in [1.54, 1.807) is 17.0 Å². The number of hydrogen-bond donors (Lipinski definition) is 1. The van der Waals surface area contributed by atoms with Crippen LogP contribution in [0, 0.1) is 0 Å². The average Bonchev–Trinajstić information content (AvgIpc) is 2.85. The van der Waals surface area contributed by atoms with E-state index in [4.69, 9.17) is 4.74 Å². The van der Waals surface area contributed by atoms with Gasteiger partial charge in [0.15, 0.2) is 6.61 Å². The van der Waals surface area contributed by atoms with E-state index in [2.05, 4.69) is 22.5 Å². The lowest BCUT2D eigenvalue weighted by Gasteiger charge is -2.34. The summed E-state index contributed by atoms with van der Waals surface area (Å²) in [5.74, 6) is -1.30. The van der Waals surface area contributed by atoms with Crippen molar-refractivity contribution in [1.82, 2.24) is 15.2 Å². The standard InChI is InChI=1S/C24H26N4O5/c29-21-10-11-22(30)28(25-21)20-8-6-19(7-9-20)24(32)33-17-23(31)27-14-12-26(13-15-27)16-18-4-2-1-3-5-18/h1-9H,10-17H2,(H,25,29). The van der Waals surface area contributed by atoms with Crippen LogP contribution in [-0.4, -0.2) is 66.3 Å². The lowest BCUT2D eigenvalue weighted by molar-refractivity contribution is -0.136. The van der Waals surface area contributed by atoms with Gasteiger partial charge in [0.2, 0.25) is 11.8 Å². The van der Waals surface area contributed by atoms with Crippen molar-refractivity contribution in [2.24, 2.45) is 0 Å². The Kier molecular flexibility index (Phi) is 6.99. The van der Waals surface area contributed by atoms with Crippen LogP contribution in [0.15, 0.2) is 54.6 Å². The zero-order valence-electron chi connectivity index (χ0n) is 18.2. The van der Waals surface area contributed by atoms with Crippen LogP contribution in [0.3, 0.4) is 0 Å². The number of nitrogens with zero attached hydrogens (tertiary/aromatic N) is 3. The molecule has 33 heavy (non-hydrogen) atoms. The SMILES string of the molecule is O=C1CCC(=O)N(c2ccc(C(=O)OCC(=O)N3CCN(Cc4ccccc4)CC3)cc2)N1. The molecule has 0 atom stereocenters. The highest BCUT2D eigenvalue weighted by Gasteiger charge is 2.25. The Morgan fingerprint density at radius 2 is 1.58 bits per heavy atom. The van der Waals surface area contributed by atoms with E-state index in [0.717, 1.165) is 19.6 Å². The van der Waals surface area contributed by atoms with Crippen molar-refractivity contribution in [2.75, 3.05) is 37.8 Å². The molecule has 2 aromatic carbocycles. The third-order valence-electron chi connectivity index (χ3n) is 5.71. The van der Waals surface area contributed by atoms with Crippen LogP contribution >= 0.6 is 0 Å². The van der Waals surface area contributed by atoms with Crippen molar-refractivity contribution in [3.63, 3.8) is 0 Å². The Morgan fingerprint density at radius 3 is 2.27 bits per heavy atom. The smallest absolute Gasteiger partial charge is 0.338 e. The Balaban J connectivity index is 1.23. The summed E-state index contributed by atoms with van der Waals surface area (Å²) in [6.45, 7) is 3.24. The summed E-state index contributed by atoms with van der Waals surface area (Å²) in [5, 5.41) is 1.17. The Hall–Kier alpha value is -3.72. The van der Waals surface area contributed by atoms with E-state index in [0.29, 0.717) is 18.8 Å². The normalized spacial score (nSPS) is 17.0. The molecule has 0 aromatic heterocycles. The molecule has 9 nitrogen and oxygen atoms in total. The van der Waals surface area contributed by atoms with Gasteiger partial charge in [0.05, 0.1) is 11.3 Å². The Morgan fingerprint density at radius 1 is 0.879 bits per heavy atom. The minimum Gasteiger partial charge on any atom is -0.452 e. The second-order valence-electron chi connectivity index (χ2n) is 8.03. The minimum atomic E-state index is -0.619. The number of amides is 3. The molecule has 2 aliphatic rings. The molecule has 2 fully saturated rings. The first kappa shape index (κ1) is 22.5. The molecule has 0 saturated carbocycles. The highest BCUT2D eigenvalue weighted by atomic mass is 16.5. The molecule has 2 aliphatic heterocycles. The molecule has 0 spiro atoms. The van der Waals surface area contributed by atoms with E-state index in [1.165, 1.54) is 22.7 Å². The van der Waals surface area contributed by atoms with Crippen LogP contribution in [0.4, 0.5) is 5.69 Å². The van der Waals surface area contributed by atoms with Crippen LogP contribution in [0.5, 0.6) is 0 Å². The van der Waals surface area contributed by atoms with Gasteiger partial charge in [-0.25, -0.2) is 9.80 Å². The second-order valence-corrected chi connectivity index (χ2v) is 8.03. The first-order valence-corrected chi connectivity index (χ1v) is 10.9. The summed E-state index contributed by atoms with van der Waals surface area (Å²) < 4.78 is 5.20. The predicted molar refractivity (Wildman–Crippen MR) is 120 cm³/mol. The minimum absolute atomic E-state index is 0.137. The van der Waals surface area contributed by atoms with E-state index in [1.807, 2.05) is 18.2 Å². The maximum atomic E-state index is 12.5. The van der Waals surface area contributed by atoms with Crippen LogP contribution < -0.4 is 10.4 Å². The first-order valence-electron chi connectivity index (χ1n) is 10.9. The summed E-state index contributed by atoms with van der Waals surface area (Å²) in [7, 11) is 0. The van der Waals surface area contributed by atoms with Crippen molar-refractivity contribution in [3.05, 3.63) is 65.7 Å². The molecular weight excluding hydrogens is 424 g/mol. The second kappa shape index (κ2) is 10.3. The molecule has 2 saturated heterocycles. The molecule has 2 heterocycles. The molecule has 0 aliphatic carbocycles. The van der Waals surface area contributed by atoms with Crippen molar-refractivity contribution in [1.29, 1.82) is 0 Å². The molecule has 2 aromatic rings. The van der Waals surface area contributed by atoms with Crippen molar-refractivity contribution >= 4 is 29.4 Å². The maximum absolute atomic E-state index is 12.5. The van der Waals surface area contributed by atoms with Gasteiger partial charge < -0.3 is 9.64 Å². The molecule has 0 unspecified atom stereocenters. The van der Waals surface area contributed by atoms with Gasteiger partial charge in [0.1, 0.15) is 0 Å². The largest absolute Gasteiger partial charge is 0.452 e. The molecule has 172 valence electrons. The molecule has 9 heteroatoms. The molecule has 4 rings (SSSR count). The summed E-state index contributed by atoms with van der Waals surface area (Å²) in [6.07, 6.45) is 0.300. The van der Waals surface area contributed by atoms with Crippen LogP contribution in [-0.2, 0) is 25.7 Å².